The molecule has 1 N–H and O–H groups in total. The predicted molar refractivity (Wildman–Crippen MR) is 71.8 cm³/mol. The van der Waals surface area contributed by atoms with Crippen LogP contribution in [0.25, 0.3) is 0 Å². The van der Waals surface area contributed by atoms with Crippen LogP contribution < -0.4 is 5.32 Å². The van der Waals surface area contributed by atoms with Crippen LogP contribution in [0, 0.1) is 0 Å². The van der Waals surface area contributed by atoms with Crippen LogP contribution >= 0.6 is 0 Å². The fraction of sp³-hybridized carbons (Fsp3) is 0.429. The summed E-state index contributed by atoms with van der Waals surface area (Å²) in [6, 6.07) is 8.49. The van der Waals surface area contributed by atoms with E-state index >= 15 is 0 Å². The lowest BCUT2D eigenvalue weighted by Crippen LogP contribution is -2.50. The monoisotopic (exact) mass is 262 g/mol. The first kappa shape index (κ1) is 13.4. The average Bonchev–Trinajstić information content (AvgIpc) is 2.47. The molecule has 1 aromatic carbocycles. The van der Waals surface area contributed by atoms with E-state index in [1.54, 1.807) is 4.90 Å². The van der Waals surface area contributed by atoms with E-state index in [0.717, 1.165) is 18.5 Å². The minimum atomic E-state index is -0.470. The van der Waals surface area contributed by atoms with Crippen molar-refractivity contribution in [3.05, 3.63) is 30.3 Å². The summed E-state index contributed by atoms with van der Waals surface area (Å²) in [6.07, 6.45) is 2.51. The Morgan fingerprint density at radius 1 is 1.26 bits per heavy atom. The molecule has 5 nitrogen and oxygen atoms in total. The van der Waals surface area contributed by atoms with Crippen molar-refractivity contribution in [2.45, 2.75) is 25.3 Å². The van der Waals surface area contributed by atoms with Gasteiger partial charge in [-0.1, -0.05) is 18.2 Å². The highest BCUT2D eigenvalue weighted by Gasteiger charge is 2.32. The number of amides is 2. The number of anilines is 1. The Morgan fingerprint density at radius 3 is 2.68 bits per heavy atom. The molecule has 1 aromatic rings. The second-order valence-corrected chi connectivity index (χ2v) is 4.52. The van der Waals surface area contributed by atoms with Crippen LogP contribution in [-0.2, 0) is 9.53 Å². The Labute approximate surface area is 112 Å². The van der Waals surface area contributed by atoms with E-state index in [0.29, 0.717) is 13.0 Å². The second-order valence-electron chi connectivity index (χ2n) is 4.52. The third kappa shape index (κ3) is 3.24. The van der Waals surface area contributed by atoms with Gasteiger partial charge >= 0.3 is 12.0 Å². The van der Waals surface area contributed by atoms with Gasteiger partial charge in [0, 0.05) is 12.2 Å². The van der Waals surface area contributed by atoms with Crippen LogP contribution in [0.1, 0.15) is 19.3 Å². The van der Waals surface area contributed by atoms with Gasteiger partial charge in [-0.05, 0) is 31.4 Å². The lowest BCUT2D eigenvalue weighted by atomic mass is 10.0. The molecule has 0 radical (unpaired) electrons. The Bertz CT molecular complexity index is 447. The minimum absolute atomic E-state index is 0.249. The molecule has 0 saturated carbocycles. The number of benzene rings is 1. The van der Waals surface area contributed by atoms with Crippen molar-refractivity contribution >= 4 is 17.7 Å². The first-order valence-electron chi connectivity index (χ1n) is 6.43. The van der Waals surface area contributed by atoms with Crippen molar-refractivity contribution in [3.8, 4) is 0 Å². The summed E-state index contributed by atoms with van der Waals surface area (Å²) in [5, 5.41) is 2.80. The molecular formula is C14H18N2O3. The standard InChI is InChI=1S/C14H18N2O3/c1-19-13(17)12-9-5-6-10-16(12)14(18)15-11-7-3-2-4-8-11/h2-4,7-8,12H,5-6,9-10H2,1H3,(H,15,18)/t12-/m1/s1. The van der Waals surface area contributed by atoms with E-state index in [2.05, 4.69) is 5.32 Å². The molecular weight excluding hydrogens is 244 g/mol. The molecule has 0 spiro atoms. The van der Waals surface area contributed by atoms with Gasteiger partial charge in [-0.15, -0.1) is 0 Å². The van der Waals surface area contributed by atoms with Gasteiger partial charge in [-0.25, -0.2) is 9.59 Å². The summed E-state index contributed by atoms with van der Waals surface area (Å²) in [7, 11) is 1.35. The van der Waals surface area contributed by atoms with Crippen LogP contribution in [0.3, 0.4) is 0 Å². The predicted octanol–water partition coefficient (Wildman–Crippen LogP) is 2.25. The molecule has 102 valence electrons. The Hall–Kier alpha value is -2.04. The molecule has 1 atom stereocenters. The topological polar surface area (TPSA) is 58.6 Å². The molecule has 0 bridgehead atoms. The van der Waals surface area contributed by atoms with Crippen molar-refractivity contribution in [1.82, 2.24) is 4.90 Å². The number of carbonyl (C=O) groups excluding carboxylic acids is 2. The molecule has 0 aromatic heterocycles. The van der Waals surface area contributed by atoms with Crippen molar-refractivity contribution in [1.29, 1.82) is 0 Å². The molecule has 0 unspecified atom stereocenters. The zero-order chi connectivity index (χ0) is 13.7. The number of esters is 1. The molecule has 1 aliphatic rings. The highest BCUT2D eigenvalue weighted by Crippen LogP contribution is 2.19. The second kappa shape index (κ2) is 6.22. The third-order valence-electron chi connectivity index (χ3n) is 3.26. The molecule has 1 saturated heterocycles. The van der Waals surface area contributed by atoms with Crippen molar-refractivity contribution in [2.24, 2.45) is 0 Å². The summed E-state index contributed by atoms with van der Waals surface area (Å²) >= 11 is 0. The quantitative estimate of drug-likeness (QED) is 0.832. The smallest absolute Gasteiger partial charge is 0.328 e. The first-order chi connectivity index (χ1) is 9.22. The molecule has 2 amide bonds. The Morgan fingerprint density at radius 2 is 2.00 bits per heavy atom. The fourth-order valence-electron chi connectivity index (χ4n) is 2.27. The van der Waals surface area contributed by atoms with E-state index in [4.69, 9.17) is 4.74 Å². The lowest BCUT2D eigenvalue weighted by Gasteiger charge is -2.33. The summed E-state index contributed by atoms with van der Waals surface area (Å²) in [5.74, 6) is -0.345. The number of para-hydroxylation sites is 1. The van der Waals surface area contributed by atoms with E-state index in [-0.39, 0.29) is 12.0 Å². The SMILES string of the molecule is COC(=O)[C@H]1CCCCN1C(=O)Nc1ccccc1. The van der Waals surface area contributed by atoms with Gasteiger partial charge in [0.25, 0.3) is 0 Å². The number of hydrogen-bond acceptors (Lipinski definition) is 3. The molecule has 2 rings (SSSR count). The number of carbonyl (C=O) groups is 2. The van der Waals surface area contributed by atoms with E-state index in [9.17, 15) is 9.59 Å². The molecule has 0 aliphatic carbocycles. The van der Waals surface area contributed by atoms with Crippen LogP contribution in [-0.4, -0.2) is 36.6 Å². The van der Waals surface area contributed by atoms with Gasteiger partial charge in [0.2, 0.25) is 0 Å². The number of likely N-dealkylation sites (tertiary alicyclic amines) is 1. The van der Waals surface area contributed by atoms with Gasteiger partial charge in [-0.3, -0.25) is 0 Å². The van der Waals surface area contributed by atoms with Crippen LogP contribution in [0.2, 0.25) is 0 Å². The number of urea groups is 1. The van der Waals surface area contributed by atoms with Gasteiger partial charge < -0.3 is 15.0 Å². The van der Waals surface area contributed by atoms with Crippen LogP contribution in [0.4, 0.5) is 10.5 Å². The molecule has 5 heteroatoms. The Balaban J connectivity index is 2.05. The van der Waals surface area contributed by atoms with Gasteiger partial charge in [0.15, 0.2) is 0 Å². The minimum Gasteiger partial charge on any atom is -0.467 e. The maximum absolute atomic E-state index is 12.2. The lowest BCUT2D eigenvalue weighted by molar-refractivity contribution is -0.146. The zero-order valence-corrected chi connectivity index (χ0v) is 11.0. The summed E-state index contributed by atoms with van der Waals surface area (Å²) in [6.45, 7) is 0.582. The number of nitrogens with one attached hydrogen (secondary N) is 1. The van der Waals surface area contributed by atoms with Crippen molar-refractivity contribution in [3.63, 3.8) is 0 Å². The number of nitrogens with zero attached hydrogens (tertiary/aromatic N) is 1. The average molecular weight is 262 g/mol. The van der Waals surface area contributed by atoms with Gasteiger partial charge in [0.05, 0.1) is 7.11 Å². The number of ether oxygens (including phenoxy) is 1. The maximum Gasteiger partial charge on any atom is 0.328 e. The van der Waals surface area contributed by atoms with Gasteiger partial charge in [-0.2, -0.15) is 0 Å². The molecule has 19 heavy (non-hydrogen) atoms. The molecule has 1 heterocycles. The number of hydrogen-bond donors (Lipinski definition) is 1. The summed E-state index contributed by atoms with van der Waals surface area (Å²) in [4.78, 5) is 25.5. The van der Waals surface area contributed by atoms with Crippen LogP contribution in [0.5, 0.6) is 0 Å². The number of piperidine rings is 1. The van der Waals surface area contributed by atoms with Gasteiger partial charge in [0.1, 0.15) is 6.04 Å². The maximum atomic E-state index is 12.2. The van der Waals surface area contributed by atoms with E-state index < -0.39 is 6.04 Å². The number of rotatable bonds is 2. The van der Waals surface area contributed by atoms with Crippen molar-refractivity contribution < 1.29 is 14.3 Å². The highest BCUT2D eigenvalue weighted by atomic mass is 16.5. The first-order valence-corrected chi connectivity index (χ1v) is 6.43. The highest BCUT2D eigenvalue weighted by molar-refractivity contribution is 5.92. The van der Waals surface area contributed by atoms with E-state index in [1.807, 2.05) is 30.3 Å². The number of methoxy groups -OCH3 is 1. The van der Waals surface area contributed by atoms with Crippen LogP contribution in [0.15, 0.2) is 30.3 Å². The largest absolute Gasteiger partial charge is 0.467 e. The summed E-state index contributed by atoms with van der Waals surface area (Å²) in [5.41, 5.74) is 0.724. The molecule has 1 aliphatic heterocycles. The fourth-order valence-corrected chi connectivity index (χ4v) is 2.27. The third-order valence-corrected chi connectivity index (χ3v) is 3.26. The summed E-state index contributed by atoms with van der Waals surface area (Å²) < 4.78 is 4.76. The molecule has 1 fully saturated rings. The normalized spacial score (nSPS) is 18.8. The van der Waals surface area contributed by atoms with E-state index in [1.165, 1.54) is 7.11 Å². The Kier molecular flexibility index (Phi) is 4.39. The zero-order valence-electron chi connectivity index (χ0n) is 11.0. The van der Waals surface area contributed by atoms with Crippen molar-refractivity contribution in [2.75, 3.05) is 19.0 Å².